The van der Waals surface area contributed by atoms with Crippen LogP contribution in [0.5, 0.6) is 0 Å². The highest BCUT2D eigenvalue weighted by Crippen LogP contribution is 2.26. The van der Waals surface area contributed by atoms with Crippen LogP contribution in [0.3, 0.4) is 0 Å². The number of esters is 1. The first-order valence-corrected chi connectivity index (χ1v) is 5.03. The molecule has 0 spiro atoms. The van der Waals surface area contributed by atoms with Gasteiger partial charge in [0.1, 0.15) is 5.82 Å². The van der Waals surface area contributed by atoms with Gasteiger partial charge in [-0.3, -0.25) is 4.79 Å². The van der Waals surface area contributed by atoms with Gasteiger partial charge in [-0.15, -0.1) is 0 Å². The van der Waals surface area contributed by atoms with E-state index >= 15 is 0 Å². The molecule has 82 valence electrons. The number of aliphatic hydroxyl groups excluding tert-OH is 1. The maximum absolute atomic E-state index is 12.9. The molecule has 0 saturated heterocycles. The second kappa shape index (κ2) is 5.23. The maximum atomic E-state index is 12.9. The molecule has 1 aromatic carbocycles. The van der Waals surface area contributed by atoms with Gasteiger partial charge in [0.25, 0.3) is 0 Å². The molecule has 5 heteroatoms. The summed E-state index contributed by atoms with van der Waals surface area (Å²) in [5.41, 5.74) is 0.334. The van der Waals surface area contributed by atoms with Crippen LogP contribution in [0.15, 0.2) is 22.7 Å². The van der Waals surface area contributed by atoms with E-state index in [1.54, 1.807) is 0 Å². The predicted octanol–water partition coefficient (Wildman–Crippen LogP) is 2.18. The first-order chi connectivity index (χ1) is 7.04. The van der Waals surface area contributed by atoms with Crippen LogP contribution in [0.25, 0.3) is 0 Å². The van der Waals surface area contributed by atoms with Gasteiger partial charge in [-0.2, -0.15) is 0 Å². The van der Waals surface area contributed by atoms with Crippen molar-refractivity contribution in [2.24, 2.45) is 0 Å². The van der Waals surface area contributed by atoms with Crippen LogP contribution in [0.2, 0.25) is 0 Å². The van der Waals surface area contributed by atoms with Crippen molar-refractivity contribution in [3.05, 3.63) is 34.1 Å². The number of rotatable bonds is 3. The molecule has 1 N–H and O–H groups in total. The summed E-state index contributed by atoms with van der Waals surface area (Å²) in [4.78, 5) is 10.9. The molecule has 0 amide bonds. The van der Waals surface area contributed by atoms with Crippen LogP contribution < -0.4 is 0 Å². The summed E-state index contributed by atoms with van der Waals surface area (Å²) in [5, 5.41) is 9.63. The molecular weight excluding hydrogens is 267 g/mol. The molecule has 1 atom stereocenters. The quantitative estimate of drug-likeness (QED) is 0.861. The van der Waals surface area contributed by atoms with Crippen molar-refractivity contribution in [2.45, 2.75) is 12.5 Å². The highest BCUT2D eigenvalue weighted by Gasteiger charge is 2.16. The Balaban J connectivity index is 2.85. The molecule has 0 saturated carbocycles. The second-order valence-electron chi connectivity index (χ2n) is 2.96. The van der Waals surface area contributed by atoms with E-state index in [0.29, 0.717) is 10.0 Å². The van der Waals surface area contributed by atoms with Crippen LogP contribution in [-0.2, 0) is 9.53 Å². The summed E-state index contributed by atoms with van der Waals surface area (Å²) in [6, 6.07) is 3.92. The SMILES string of the molecule is COC(=O)CC(O)c1cc(F)ccc1Br. The van der Waals surface area contributed by atoms with E-state index in [-0.39, 0.29) is 6.42 Å². The molecule has 0 aliphatic rings. The monoisotopic (exact) mass is 276 g/mol. The Morgan fingerprint density at radius 1 is 1.67 bits per heavy atom. The van der Waals surface area contributed by atoms with Crippen LogP contribution in [0.4, 0.5) is 4.39 Å². The Morgan fingerprint density at radius 2 is 2.33 bits per heavy atom. The van der Waals surface area contributed by atoms with Gasteiger partial charge in [0, 0.05) is 4.47 Å². The number of benzene rings is 1. The van der Waals surface area contributed by atoms with E-state index in [4.69, 9.17) is 0 Å². The van der Waals surface area contributed by atoms with E-state index in [0.717, 1.165) is 0 Å². The van der Waals surface area contributed by atoms with E-state index in [9.17, 15) is 14.3 Å². The zero-order valence-corrected chi connectivity index (χ0v) is 9.62. The maximum Gasteiger partial charge on any atom is 0.308 e. The molecular formula is C10H10BrFO3. The van der Waals surface area contributed by atoms with Crippen molar-refractivity contribution in [1.29, 1.82) is 0 Å². The van der Waals surface area contributed by atoms with Crippen molar-refractivity contribution < 1.29 is 19.0 Å². The lowest BCUT2D eigenvalue weighted by Gasteiger charge is -2.11. The topological polar surface area (TPSA) is 46.5 Å². The lowest BCUT2D eigenvalue weighted by molar-refractivity contribution is -0.142. The van der Waals surface area contributed by atoms with Gasteiger partial charge < -0.3 is 9.84 Å². The average molecular weight is 277 g/mol. The molecule has 15 heavy (non-hydrogen) atoms. The van der Waals surface area contributed by atoms with Gasteiger partial charge in [-0.25, -0.2) is 4.39 Å². The van der Waals surface area contributed by atoms with Gasteiger partial charge >= 0.3 is 5.97 Å². The van der Waals surface area contributed by atoms with Gasteiger partial charge in [-0.1, -0.05) is 15.9 Å². The molecule has 0 aromatic heterocycles. The number of ether oxygens (including phenoxy) is 1. The molecule has 1 rings (SSSR count). The van der Waals surface area contributed by atoms with Crippen molar-refractivity contribution >= 4 is 21.9 Å². The minimum atomic E-state index is -1.07. The third kappa shape index (κ3) is 3.28. The number of carbonyl (C=O) groups is 1. The number of halogens is 2. The van der Waals surface area contributed by atoms with E-state index < -0.39 is 17.9 Å². The Morgan fingerprint density at radius 3 is 2.93 bits per heavy atom. The van der Waals surface area contributed by atoms with Crippen molar-refractivity contribution in [2.75, 3.05) is 7.11 Å². The van der Waals surface area contributed by atoms with Crippen LogP contribution in [-0.4, -0.2) is 18.2 Å². The normalized spacial score (nSPS) is 12.3. The molecule has 0 aliphatic carbocycles. The average Bonchev–Trinajstić information content (AvgIpc) is 2.21. The number of aliphatic hydroxyl groups is 1. The number of methoxy groups -OCH3 is 1. The highest BCUT2D eigenvalue weighted by molar-refractivity contribution is 9.10. The number of hydrogen-bond donors (Lipinski definition) is 1. The van der Waals surface area contributed by atoms with Crippen LogP contribution in [0.1, 0.15) is 18.1 Å². The highest BCUT2D eigenvalue weighted by atomic mass is 79.9. The fraction of sp³-hybridized carbons (Fsp3) is 0.300. The standard InChI is InChI=1S/C10H10BrFO3/c1-15-10(14)5-9(13)7-4-6(12)2-3-8(7)11/h2-4,9,13H,5H2,1H3. The zero-order chi connectivity index (χ0) is 11.4. The van der Waals surface area contributed by atoms with E-state index in [1.165, 1.54) is 25.3 Å². The zero-order valence-electron chi connectivity index (χ0n) is 8.04. The lowest BCUT2D eigenvalue weighted by atomic mass is 10.1. The smallest absolute Gasteiger partial charge is 0.308 e. The molecule has 0 aliphatic heterocycles. The summed E-state index contributed by atoms with van der Waals surface area (Å²) in [7, 11) is 1.23. The molecule has 0 bridgehead atoms. The predicted molar refractivity (Wildman–Crippen MR) is 55.7 cm³/mol. The summed E-state index contributed by atoms with van der Waals surface area (Å²) in [6.07, 6.45) is -1.26. The molecule has 0 fully saturated rings. The van der Waals surface area contributed by atoms with Gasteiger partial charge in [0.15, 0.2) is 0 Å². The van der Waals surface area contributed by atoms with Crippen LogP contribution in [0, 0.1) is 5.82 Å². The van der Waals surface area contributed by atoms with Crippen molar-refractivity contribution in [3.8, 4) is 0 Å². The third-order valence-electron chi connectivity index (χ3n) is 1.90. The fourth-order valence-electron chi connectivity index (χ4n) is 1.12. The van der Waals surface area contributed by atoms with Crippen molar-refractivity contribution in [3.63, 3.8) is 0 Å². The van der Waals surface area contributed by atoms with Crippen LogP contribution >= 0.6 is 15.9 Å². The summed E-state index contributed by atoms with van der Waals surface area (Å²) in [6.45, 7) is 0. The first-order valence-electron chi connectivity index (χ1n) is 4.24. The summed E-state index contributed by atoms with van der Waals surface area (Å²) < 4.78 is 17.8. The second-order valence-corrected chi connectivity index (χ2v) is 3.82. The number of carbonyl (C=O) groups excluding carboxylic acids is 1. The van der Waals surface area contributed by atoms with E-state index in [1.807, 2.05) is 0 Å². The minimum absolute atomic E-state index is 0.196. The molecule has 0 radical (unpaired) electrons. The fourth-order valence-corrected chi connectivity index (χ4v) is 1.63. The Bertz CT molecular complexity index is 368. The lowest BCUT2D eigenvalue weighted by Crippen LogP contribution is -2.08. The van der Waals surface area contributed by atoms with Gasteiger partial charge in [0.2, 0.25) is 0 Å². The largest absolute Gasteiger partial charge is 0.469 e. The van der Waals surface area contributed by atoms with Gasteiger partial charge in [-0.05, 0) is 23.8 Å². The third-order valence-corrected chi connectivity index (χ3v) is 2.63. The van der Waals surface area contributed by atoms with Crippen molar-refractivity contribution in [1.82, 2.24) is 0 Å². The summed E-state index contributed by atoms with van der Waals surface area (Å²) in [5.74, 6) is -1.00. The van der Waals surface area contributed by atoms with E-state index in [2.05, 4.69) is 20.7 Å². The number of hydrogen-bond acceptors (Lipinski definition) is 3. The molecule has 1 aromatic rings. The summed E-state index contributed by atoms with van der Waals surface area (Å²) >= 11 is 3.16. The molecule has 1 unspecified atom stereocenters. The Kier molecular flexibility index (Phi) is 4.23. The molecule has 0 heterocycles. The Hall–Kier alpha value is -0.940. The molecule has 3 nitrogen and oxygen atoms in total. The van der Waals surface area contributed by atoms with Gasteiger partial charge in [0.05, 0.1) is 19.6 Å². The minimum Gasteiger partial charge on any atom is -0.469 e. The Labute approximate surface area is 95.0 Å². The first kappa shape index (κ1) is 12.1.